The van der Waals surface area contributed by atoms with Crippen LogP contribution < -0.4 is 14.8 Å². The van der Waals surface area contributed by atoms with Crippen molar-refractivity contribution < 1.29 is 9.47 Å². The number of para-hydroxylation sites is 1. The van der Waals surface area contributed by atoms with E-state index in [0.717, 1.165) is 36.8 Å². The van der Waals surface area contributed by atoms with E-state index in [0.29, 0.717) is 6.61 Å². The first kappa shape index (κ1) is 17.2. The Morgan fingerprint density at radius 2 is 1.65 bits per heavy atom. The van der Waals surface area contributed by atoms with Crippen molar-refractivity contribution in [3.8, 4) is 11.5 Å². The third-order valence-corrected chi connectivity index (χ3v) is 3.63. The normalized spacial score (nSPS) is 10.3. The predicted octanol–water partition coefficient (Wildman–Crippen LogP) is 5.27. The van der Waals surface area contributed by atoms with Gasteiger partial charge in [0.15, 0.2) is 0 Å². The highest BCUT2D eigenvalue weighted by atomic mass is 16.5. The Morgan fingerprint density at radius 1 is 0.870 bits per heavy atom. The molecule has 2 aromatic carbocycles. The van der Waals surface area contributed by atoms with Crippen molar-refractivity contribution in [2.24, 2.45) is 0 Å². The number of hydrogen-bond donors (Lipinski definition) is 1. The molecule has 0 atom stereocenters. The largest absolute Gasteiger partial charge is 0.494 e. The lowest BCUT2D eigenvalue weighted by atomic mass is 10.2. The second-order valence-corrected chi connectivity index (χ2v) is 5.47. The summed E-state index contributed by atoms with van der Waals surface area (Å²) in [5.41, 5.74) is 2.26. The zero-order chi connectivity index (χ0) is 16.3. The lowest BCUT2D eigenvalue weighted by Gasteiger charge is -2.13. The second-order valence-electron chi connectivity index (χ2n) is 5.47. The minimum Gasteiger partial charge on any atom is -0.494 e. The van der Waals surface area contributed by atoms with Crippen LogP contribution in [0.2, 0.25) is 0 Å². The third-order valence-electron chi connectivity index (χ3n) is 3.63. The van der Waals surface area contributed by atoms with Crippen LogP contribution in [-0.2, 0) is 6.54 Å². The molecule has 0 aromatic heterocycles. The summed E-state index contributed by atoms with van der Waals surface area (Å²) in [5.74, 6) is 1.87. The maximum absolute atomic E-state index is 5.92. The van der Waals surface area contributed by atoms with Gasteiger partial charge in [0.1, 0.15) is 11.5 Å². The van der Waals surface area contributed by atoms with Gasteiger partial charge in [-0.2, -0.15) is 0 Å². The predicted molar refractivity (Wildman–Crippen MR) is 96.4 cm³/mol. The van der Waals surface area contributed by atoms with Gasteiger partial charge in [-0.25, -0.2) is 0 Å². The van der Waals surface area contributed by atoms with Crippen molar-refractivity contribution >= 4 is 5.69 Å². The van der Waals surface area contributed by atoms with E-state index in [1.54, 1.807) is 0 Å². The van der Waals surface area contributed by atoms with E-state index in [2.05, 4.69) is 18.3 Å². The summed E-state index contributed by atoms with van der Waals surface area (Å²) in [5, 5.41) is 3.44. The molecule has 3 nitrogen and oxygen atoms in total. The molecule has 3 heteroatoms. The highest BCUT2D eigenvalue weighted by Gasteiger charge is 2.03. The summed E-state index contributed by atoms with van der Waals surface area (Å²) in [6.07, 6.45) is 3.54. The quantitative estimate of drug-likeness (QED) is 0.606. The van der Waals surface area contributed by atoms with Crippen LogP contribution in [0, 0.1) is 0 Å². The molecule has 0 bridgehead atoms. The van der Waals surface area contributed by atoms with E-state index in [9.17, 15) is 0 Å². The van der Waals surface area contributed by atoms with E-state index in [1.807, 2.05) is 49.4 Å². The second kappa shape index (κ2) is 9.78. The summed E-state index contributed by atoms with van der Waals surface area (Å²) >= 11 is 0. The Kier molecular flexibility index (Phi) is 7.31. The standard InChI is InChI=1S/C20H27NO2/c1-3-5-8-15-23-20-10-7-6-9-17(20)16-21-18-11-13-19(14-12-18)22-4-2/h6-7,9-14,21H,3-5,8,15-16H2,1-2H3. The first-order chi connectivity index (χ1) is 11.3. The molecule has 0 aliphatic rings. The lowest BCUT2D eigenvalue weighted by Crippen LogP contribution is -2.04. The third kappa shape index (κ3) is 5.85. The molecule has 23 heavy (non-hydrogen) atoms. The molecule has 0 fully saturated rings. The minimum absolute atomic E-state index is 0.690. The fraction of sp³-hybridized carbons (Fsp3) is 0.400. The van der Waals surface area contributed by atoms with Crippen LogP contribution in [0.1, 0.15) is 38.7 Å². The van der Waals surface area contributed by atoms with Crippen LogP contribution in [0.3, 0.4) is 0 Å². The summed E-state index contributed by atoms with van der Waals surface area (Å²) in [7, 11) is 0. The Labute approximate surface area is 139 Å². The molecule has 0 unspecified atom stereocenters. The summed E-state index contributed by atoms with van der Waals surface area (Å²) in [4.78, 5) is 0. The smallest absolute Gasteiger partial charge is 0.124 e. The molecule has 0 heterocycles. The SMILES string of the molecule is CCCCCOc1ccccc1CNc1ccc(OCC)cc1. The number of rotatable bonds is 10. The highest BCUT2D eigenvalue weighted by Crippen LogP contribution is 2.21. The van der Waals surface area contributed by atoms with E-state index in [-0.39, 0.29) is 0 Å². The highest BCUT2D eigenvalue weighted by molar-refractivity contribution is 5.47. The number of benzene rings is 2. The average Bonchev–Trinajstić information content (AvgIpc) is 2.59. The van der Waals surface area contributed by atoms with Crippen molar-refractivity contribution in [2.45, 2.75) is 39.7 Å². The molecular weight excluding hydrogens is 286 g/mol. The Bertz CT molecular complexity index is 566. The van der Waals surface area contributed by atoms with E-state index in [1.165, 1.54) is 18.4 Å². The van der Waals surface area contributed by atoms with Gasteiger partial charge in [-0.3, -0.25) is 0 Å². The summed E-state index contributed by atoms with van der Waals surface area (Å²) < 4.78 is 11.4. The van der Waals surface area contributed by atoms with E-state index in [4.69, 9.17) is 9.47 Å². The number of unbranched alkanes of at least 4 members (excludes halogenated alkanes) is 2. The topological polar surface area (TPSA) is 30.5 Å². The van der Waals surface area contributed by atoms with E-state index < -0.39 is 0 Å². The van der Waals surface area contributed by atoms with Crippen molar-refractivity contribution in [3.05, 3.63) is 54.1 Å². The first-order valence-electron chi connectivity index (χ1n) is 8.51. The number of hydrogen-bond acceptors (Lipinski definition) is 3. The van der Waals surface area contributed by atoms with Gasteiger partial charge in [0, 0.05) is 17.8 Å². The van der Waals surface area contributed by atoms with Gasteiger partial charge < -0.3 is 14.8 Å². The van der Waals surface area contributed by atoms with Crippen molar-refractivity contribution in [2.75, 3.05) is 18.5 Å². The van der Waals surface area contributed by atoms with Gasteiger partial charge in [0.25, 0.3) is 0 Å². The van der Waals surface area contributed by atoms with Gasteiger partial charge in [0.05, 0.1) is 13.2 Å². The van der Waals surface area contributed by atoms with Crippen molar-refractivity contribution in [3.63, 3.8) is 0 Å². The van der Waals surface area contributed by atoms with Gasteiger partial charge in [-0.1, -0.05) is 38.0 Å². The summed E-state index contributed by atoms with van der Waals surface area (Å²) in [6, 6.07) is 16.3. The van der Waals surface area contributed by atoms with Crippen LogP contribution in [0.15, 0.2) is 48.5 Å². The molecular formula is C20H27NO2. The average molecular weight is 313 g/mol. The van der Waals surface area contributed by atoms with Gasteiger partial charge in [0.2, 0.25) is 0 Å². The van der Waals surface area contributed by atoms with Crippen LogP contribution >= 0.6 is 0 Å². The Balaban J connectivity index is 1.89. The summed E-state index contributed by atoms with van der Waals surface area (Å²) in [6.45, 7) is 6.42. The van der Waals surface area contributed by atoms with Crippen LogP contribution in [0.5, 0.6) is 11.5 Å². The fourth-order valence-electron chi connectivity index (χ4n) is 2.36. The molecule has 1 N–H and O–H groups in total. The number of ether oxygens (including phenoxy) is 2. The molecule has 0 radical (unpaired) electrons. The van der Waals surface area contributed by atoms with Crippen molar-refractivity contribution in [1.29, 1.82) is 0 Å². The van der Waals surface area contributed by atoms with E-state index >= 15 is 0 Å². The van der Waals surface area contributed by atoms with Crippen LogP contribution in [0.25, 0.3) is 0 Å². The minimum atomic E-state index is 0.690. The zero-order valence-electron chi connectivity index (χ0n) is 14.2. The van der Waals surface area contributed by atoms with Gasteiger partial charge in [-0.15, -0.1) is 0 Å². The van der Waals surface area contributed by atoms with Gasteiger partial charge >= 0.3 is 0 Å². The van der Waals surface area contributed by atoms with Crippen LogP contribution in [-0.4, -0.2) is 13.2 Å². The maximum atomic E-state index is 5.92. The molecule has 0 spiro atoms. The molecule has 0 saturated heterocycles. The lowest BCUT2D eigenvalue weighted by molar-refractivity contribution is 0.303. The fourth-order valence-corrected chi connectivity index (χ4v) is 2.36. The molecule has 0 aliphatic heterocycles. The number of nitrogens with one attached hydrogen (secondary N) is 1. The molecule has 0 saturated carbocycles. The Hall–Kier alpha value is -2.16. The Morgan fingerprint density at radius 3 is 2.39 bits per heavy atom. The van der Waals surface area contributed by atoms with Crippen molar-refractivity contribution in [1.82, 2.24) is 0 Å². The van der Waals surface area contributed by atoms with Crippen LogP contribution in [0.4, 0.5) is 5.69 Å². The zero-order valence-corrected chi connectivity index (χ0v) is 14.2. The first-order valence-corrected chi connectivity index (χ1v) is 8.51. The monoisotopic (exact) mass is 313 g/mol. The molecule has 0 amide bonds. The number of anilines is 1. The molecule has 0 aliphatic carbocycles. The maximum Gasteiger partial charge on any atom is 0.124 e. The molecule has 2 aromatic rings. The van der Waals surface area contributed by atoms with Gasteiger partial charge in [-0.05, 0) is 43.7 Å². The molecule has 2 rings (SSSR count). The molecule has 124 valence electrons.